The summed E-state index contributed by atoms with van der Waals surface area (Å²) in [5, 5.41) is 9.31. The smallest absolute Gasteiger partial charge is 0.328 e. The monoisotopic (exact) mass is 999 g/mol. The molecule has 0 aliphatic heterocycles. The van der Waals surface area contributed by atoms with Crippen molar-refractivity contribution in [2.45, 2.75) is 91.6 Å². The lowest BCUT2D eigenvalue weighted by atomic mass is 10.1. The second kappa shape index (κ2) is 27.0. The number of nitrogens with one attached hydrogen (secondary N) is 2. The van der Waals surface area contributed by atoms with Gasteiger partial charge in [-0.05, 0) is 65.6 Å². The number of aliphatic hydroxyl groups excluding tert-OH is 1. The summed E-state index contributed by atoms with van der Waals surface area (Å²) >= 11 is 5.96. The van der Waals surface area contributed by atoms with Gasteiger partial charge < -0.3 is 36.0 Å². The minimum absolute atomic E-state index is 0.170. The van der Waals surface area contributed by atoms with Gasteiger partial charge in [0, 0.05) is 45.2 Å². The fraction of sp³-hybridized carbons (Fsp3) is 0.370. The Hall–Kier alpha value is -7.05. The number of nitrogens with two attached hydrogens (primary N) is 2. The number of ether oxygens (including phenoxy) is 2. The number of aliphatic hydroxyl groups is 1. The van der Waals surface area contributed by atoms with Gasteiger partial charge in [-0.15, -0.1) is 11.6 Å². The van der Waals surface area contributed by atoms with Crippen LogP contribution in [0.2, 0.25) is 0 Å². The summed E-state index contributed by atoms with van der Waals surface area (Å²) in [7, 11) is 0. The number of hydrogen-bond acceptors (Lipinski definition) is 13. The van der Waals surface area contributed by atoms with E-state index in [0.717, 1.165) is 94.5 Å². The molecule has 4 aromatic heterocycles. The summed E-state index contributed by atoms with van der Waals surface area (Å²) in [6, 6.07) is 37.7. The van der Waals surface area contributed by atoms with Crippen LogP contribution < -0.4 is 32.3 Å². The summed E-state index contributed by atoms with van der Waals surface area (Å²) in [6.07, 6.45) is 5.43. The molecule has 0 aliphatic rings. The average Bonchev–Trinajstić information content (AvgIpc) is 3.88. The van der Waals surface area contributed by atoms with E-state index in [4.69, 9.17) is 32.5 Å². The van der Waals surface area contributed by atoms with E-state index < -0.39 is 0 Å². The fourth-order valence-electron chi connectivity index (χ4n) is 8.17. The zero-order valence-corrected chi connectivity index (χ0v) is 42.1. The molecule has 0 radical (unpaired) electrons. The predicted octanol–water partition coefficient (Wildman–Crippen LogP) is 7.87. The number of hydrogen-bond donors (Lipinski definition) is 5. The first-order chi connectivity index (χ1) is 35.1. The molecular weight excluding hydrogens is 932 g/mol. The molecule has 4 aromatic carbocycles. The third kappa shape index (κ3) is 15.0. The maximum absolute atomic E-state index is 12.7. The molecular formula is C54H67ClN12O5. The van der Waals surface area contributed by atoms with Crippen molar-refractivity contribution in [1.29, 1.82) is 0 Å². The Balaban J connectivity index is 0.000000211. The molecule has 17 nitrogen and oxygen atoms in total. The standard InChI is InChI=1S/C27H33ClN6O2.C27H34N6O3/c1-2-3-16-36-26-31-24(29)23-25(32-26)34(27(35)30-23)19-22-12-10-21(11-13-22)18-33(15-7-14-28)17-20-8-5-4-6-9-20;1-2-3-16-36-26-30-24(28)23-25(31-26)33(27(35)29-23)19-22-12-10-21(11-13-22)18-32(14-7-15-34)17-20-8-5-4-6-9-20/h4-6,8-13H,2-3,7,14-19H2,1H3,(H,30,35)(H2,29,31,32);4-6,8-13,34H,2-3,7,14-19H2,1H3,(H,29,35)(H2,28,30,31). The number of nitrogen functional groups attached to an aromatic ring is 2. The van der Waals surface area contributed by atoms with Gasteiger partial charge in [0.2, 0.25) is 0 Å². The van der Waals surface area contributed by atoms with Crippen LogP contribution in [0.15, 0.2) is 119 Å². The number of aromatic nitrogens is 8. The highest BCUT2D eigenvalue weighted by molar-refractivity contribution is 6.17. The number of imidazole rings is 2. The molecule has 8 aromatic rings. The second-order valence-electron chi connectivity index (χ2n) is 17.8. The molecule has 0 atom stereocenters. The van der Waals surface area contributed by atoms with Gasteiger partial charge in [-0.2, -0.15) is 19.9 Å². The number of anilines is 2. The van der Waals surface area contributed by atoms with Gasteiger partial charge in [0.25, 0.3) is 0 Å². The lowest BCUT2D eigenvalue weighted by Gasteiger charge is -2.22. The summed E-state index contributed by atoms with van der Waals surface area (Å²) < 4.78 is 14.4. The van der Waals surface area contributed by atoms with Crippen molar-refractivity contribution >= 4 is 45.6 Å². The third-order valence-electron chi connectivity index (χ3n) is 12.0. The second-order valence-corrected chi connectivity index (χ2v) is 18.1. The van der Waals surface area contributed by atoms with Crippen LogP contribution in [0.25, 0.3) is 22.3 Å². The van der Waals surface area contributed by atoms with Crippen LogP contribution in [0, 0.1) is 0 Å². The molecule has 72 heavy (non-hydrogen) atoms. The molecule has 0 aliphatic carbocycles. The van der Waals surface area contributed by atoms with Gasteiger partial charge in [0.1, 0.15) is 11.0 Å². The molecule has 0 bridgehead atoms. The topological polar surface area (TPSA) is 224 Å². The minimum Gasteiger partial charge on any atom is -0.463 e. The number of nitrogens with zero attached hydrogens (tertiary/aromatic N) is 8. The number of benzene rings is 4. The maximum Gasteiger partial charge on any atom is 0.328 e. The number of H-pyrrole nitrogens is 2. The number of rotatable bonds is 26. The van der Waals surface area contributed by atoms with Crippen molar-refractivity contribution in [2.24, 2.45) is 0 Å². The molecule has 4 heterocycles. The van der Waals surface area contributed by atoms with Gasteiger partial charge in [-0.1, -0.05) is 136 Å². The van der Waals surface area contributed by atoms with E-state index in [9.17, 15) is 14.7 Å². The Morgan fingerprint density at radius 2 is 0.917 bits per heavy atom. The molecule has 380 valence electrons. The Morgan fingerprint density at radius 1 is 0.542 bits per heavy atom. The van der Waals surface area contributed by atoms with Gasteiger partial charge in [0.15, 0.2) is 22.9 Å². The Bertz CT molecular complexity index is 2810. The van der Waals surface area contributed by atoms with Crippen molar-refractivity contribution in [1.82, 2.24) is 48.8 Å². The SMILES string of the molecule is CCCCOc1nc(N)c2[nH]c(=O)n(Cc3ccc(CN(CCCCl)Cc4ccccc4)cc3)c2n1.CCCCOc1nc(N)c2[nH]c(=O)n(Cc3ccc(CN(CCCO)Cc4ccccc4)cc3)c2n1. The number of unbranched alkanes of at least 4 members (excludes halogenated alkanes) is 2. The summed E-state index contributed by atoms with van der Waals surface area (Å²) in [4.78, 5) is 52.8. The quantitative estimate of drug-likeness (QED) is 0.0258. The highest BCUT2D eigenvalue weighted by atomic mass is 35.5. The zero-order chi connectivity index (χ0) is 50.7. The van der Waals surface area contributed by atoms with Crippen LogP contribution in [-0.2, 0) is 39.3 Å². The van der Waals surface area contributed by atoms with Crippen molar-refractivity contribution in [3.05, 3.63) is 164 Å². The number of halogens is 1. The summed E-state index contributed by atoms with van der Waals surface area (Å²) in [5.74, 6) is 1.04. The molecule has 0 amide bonds. The molecule has 18 heteroatoms. The van der Waals surface area contributed by atoms with Crippen LogP contribution in [0.5, 0.6) is 12.0 Å². The Kier molecular flexibility index (Phi) is 19.8. The minimum atomic E-state index is -0.293. The first-order valence-electron chi connectivity index (χ1n) is 24.8. The van der Waals surface area contributed by atoms with Crippen LogP contribution in [0.3, 0.4) is 0 Å². The molecule has 0 fully saturated rings. The molecule has 0 saturated carbocycles. The summed E-state index contributed by atoms with van der Waals surface area (Å²) in [5.41, 5.74) is 20.1. The first kappa shape index (κ1) is 52.8. The normalized spacial score (nSPS) is 11.4. The van der Waals surface area contributed by atoms with E-state index >= 15 is 0 Å². The first-order valence-corrected chi connectivity index (χ1v) is 25.3. The van der Waals surface area contributed by atoms with E-state index in [1.54, 1.807) is 9.13 Å². The third-order valence-corrected chi connectivity index (χ3v) is 12.3. The summed E-state index contributed by atoms with van der Waals surface area (Å²) in [6.45, 7) is 11.0. The van der Waals surface area contributed by atoms with Gasteiger partial charge >= 0.3 is 23.4 Å². The number of fused-ring (bicyclic) bond motifs is 2. The van der Waals surface area contributed by atoms with E-state index in [1.807, 2.05) is 48.5 Å². The molecule has 8 rings (SSSR count). The Labute approximate surface area is 424 Å². The predicted molar refractivity (Wildman–Crippen MR) is 285 cm³/mol. The van der Waals surface area contributed by atoms with Crippen LogP contribution in [0.4, 0.5) is 11.6 Å². The fourth-order valence-corrected chi connectivity index (χ4v) is 8.29. The van der Waals surface area contributed by atoms with Crippen molar-refractivity contribution in [3.8, 4) is 12.0 Å². The van der Waals surface area contributed by atoms with Gasteiger partial charge in [-0.3, -0.25) is 18.9 Å². The van der Waals surface area contributed by atoms with Gasteiger partial charge in [0.05, 0.1) is 26.3 Å². The van der Waals surface area contributed by atoms with Crippen LogP contribution in [-0.4, -0.2) is 92.7 Å². The highest BCUT2D eigenvalue weighted by Crippen LogP contribution is 2.22. The van der Waals surface area contributed by atoms with Crippen LogP contribution in [0.1, 0.15) is 85.8 Å². The van der Waals surface area contributed by atoms with E-state index in [-0.39, 0.29) is 41.6 Å². The van der Waals surface area contributed by atoms with E-state index in [2.05, 4.69) is 114 Å². The number of alkyl halides is 1. The molecule has 0 unspecified atom stereocenters. The van der Waals surface area contributed by atoms with Crippen molar-refractivity contribution in [3.63, 3.8) is 0 Å². The maximum atomic E-state index is 12.7. The van der Waals surface area contributed by atoms with Crippen LogP contribution >= 0.6 is 11.6 Å². The lowest BCUT2D eigenvalue weighted by molar-refractivity contribution is 0.212. The highest BCUT2D eigenvalue weighted by Gasteiger charge is 2.18. The van der Waals surface area contributed by atoms with Crippen molar-refractivity contribution < 1.29 is 14.6 Å². The molecule has 0 saturated heterocycles. The zero-order valence-electron chi connectivity index (χ0n) is 41.3. The van der Waals surface area contributed by atoms with Crippen molar-refractivity contribution in [2.75, 3.05) is 50.3 Å². The van der Waals surface area contributed by atoms with E-state index in [0.29, 0.717) is 54.5 Å². The lowest BCUT2D eigenvalue weighted by Crippen LogP contribution is -2.24. The van der Waals surface area contributed by atoms with Gasteiger partial charge in [-0.25, -0.2) is 9.59 Å². The molecule has 7 N–H and O–H groups in total. The number of aromatic amines is 2. The largest absolute Gasteiger partial charge is 0.463 e. The Morgan fingerprint density at radius 3 is 1.29 bits per heavy atom. The molecule has 0 spiro atoms. The van der Waals surface area contributed by atoms with E-state index in [1.165, 1.54) is 16.7 Å². The average molecular weight is 1000 g/mol.